The number of thiophene rings is 1. The molecule has 1 N–H and O–H groups in total. The summed E-state index contributed by atoms with van der Waals surface area (Å²) in [5.41, 5.74) is -1.21. The van der Waals surface area contributed by atoms with Gasteiger partial charge in [-0.25, -0.2) is 4.79 Å². The van der Waals surface area contributed by atoms with Crippen LogP contribution >= 0.6 is 11.3 Å². The van der Waals surface area contributed by atoms with E-state index in [4.69, 9.17) is 0 Å². The Labute approximate surface area is 147 Å². The summed E-state index contributed by atoms with van der Waals surface area (Å²) in [5.74, 6) is -0.459. The number of H-pyrrole nitrogens is 1. The number of hydrogen-bond donors (Lipinski definition) is 1. The number of carbonyl (C=O) groups is 2. The van der Waals surface area contributed by atoms with E-state index in [0.29, 0.717) is 26.2 Å². The van der Waals surface area contributed by atoms with Gasteiger partial charge < -0.3 is 14.8 Å². The van der Waals surface area contributed by atoms with Gasteiger partial charge in [0.2, 0.25) is 5.91 Å². The molecule has 2 aromatic rings. The van der Waals surface area contributed by atoms with E-state index in [1.54, 1.807) is 4.90 Å². The molecule has 9 heteroatoms. The summed E-state index contributed by atoms with van der Waals surface area (Å²) in [5, 5.41) is 1.86. The number of rotatable bonds is 3. The van der Waals surface area contributed by atoms with Gasteiger partial charge >= 0.3 is 5.69 Å². The van der Waals surface area contributed by atoms with Crippen LogP contribution in [-0.2, 0) is 11.3 Å². The fraction of sp³-hybridized carbons (Fsp3) is 0.375. The highest BCUT2D eigenvalue weighted by Gasteiger charge is 2.25. The quantitative estimate of drug-likeness (QED) is 0.828. The molecule has 0 atom stereocenters. The SMILES string of the molecule is CC(=O)N1CCN(C(=O)c2c[nH]c(=O)n(Cc3cccs3)c2=O)CC1. The molecule has 0 aromatic carbocycles. The Morgan fingerprint density at radius 3 is 2.44 bits per heavy atom. The monoisotopic (exact) mass is 362 g/mol. The van der Waals surface area contributed by atoms with Crippen LogP contribution in [0.1, 0.15) is 22.2 Å². The second-order valence-corrected chi connectivity index (χ2v) is 6.81. The Hall–Kier alpha value is -2.68. The number of nitrogens with one attached hydrogen (secondary N) is 1. The van der Waals surface area contributed by atoms with Crippen LogP contribution in [-0.4, -0.2) is 57.3 Å². The molecule has 0 radical (unpaired) electrons. The van der Waals surface area contributed by atoms with E-state index >= 15 is 0 Å². The van der Waals surface area contributed by atoms with E-state index in [2.05, 4.69) is 4.98 Å². The smallest absolute Gasteiger partial charge is 0.328 e. The van der Waals surface area contributed by atoms with Crippen LogP contribution in [0.15, 0.2) is 33.3 Å². The lowest BCUT2D eigenvalue weighted by Gasteiger charge is -2.34. The number of nitrogens with zero attached hydrogens (tertiary/aromatic N) is 3. The van der Waals surface area contributed by atoms with Crippen molar-refractivity contribution in [3.8, 4) is 0 Å². The van der Waals surface area contributed by atoms with Crippen molar-refractivity contribution >= 4 is 23.2 Å². The lowest BCUT2D eigenvalue weighted by molar-refractivity contribution is -0.130. The van der Waals surface area contributed by atoms with Gasteiger partial charge in [-0.15, -0.1) is 11.3 Å². The Kier molecular flexibility index (Phi) is 4.84. The van der Waals surface area contributed by atoms with E-state index in [-0.39, 0.29) is 18.0 Å². The summed E-state index contributed by atoms with van der Waals surface area (Å²) in [4.78, 5) is 55.1. The van der Waals surface area contributed by atoms with Gasteiger partial charge in [-0.3, -0.25) is 19.0 Å². The van der Waals surface area contributed by atoms with Gasteiger partial charge in [-0.05, 0) is 11.4 Å². The van der Waals surface area contributed by atoms with Gasteiger partial charge in [-0.2, -0.15) is 0 Å². The molecule has 0 saturated carbocycles. The van der Waals surface area contributed by atoms with Crippen LogP contribution in [0.5, 0.6) is 0 Å². The zero-order valence-corrected chi connectivity index (χ0v) is 14.5. The van der Waals surface area contributed by atoms with Gasteiger partial charge in [0.15, 0.2) is 0 Å². The van der Waals surface area contributed by atoms with E-state index in [1.807, 2.05) is 17.5 Å². The zero-order chi connectivity index (χ0) is 18.0. The van der Waals surface area contributed by atoms with Crippen molar-refractivity contribution < 1.29 is 9.59 Å². The molecule has 2 aromatic heterocycles. The number of amides is 2. The highest BCUT2D eigenvalue weighted by atomic mass is 32.1. The average molecular weight is 362 g/mol. The summed E-state index contributed by atoms with van der Waals surface area (Å²) < 4.78 is 1.03. The summed E-state index contributed by atoms with van der Waals surface area (Å²) in [6.07, 6.45) is 1.18. The van der Waals surface area contributed by atoms with Crippen molar-refractivity contribution in [2.24, 2.45) is 0 Å². The molecule has 1 aliphatic heterocycles. The number of hydrogen-bond acceptors (Lipinski definition) is 5. The molecule has 3 rings (SSSR count). The maximum absolute atomic E-state index is 12.7. The highest BCUT2D eigenvalue weighted by Crippen LogP contribution is 2.09. The molecule has 1 aliphatic rings. The Morgan fingerprint density at radius 2 is 1.84 bits per heavy atom. The Bertz CT molecular complexity index is 892. The molecule has 1 fully saturated rings. The molecule has 0 spiro atoms. The molecule has 8 nitrogen and oxygen atoms in total. The first-order valence-corrected chi connectivity index (χ1v) is 8.75. The van der Waals surface area contributed by atoms with Gasteiger partial charge in [0, 0.05) is 44.2 Å². The minimum absolute atomic E-state index is 0.0329. The van der Waals surface area contributed by atoms with Crippen molar-refractivity contribution in [3.05, 3.63) is 55.0 Å². The van der Waals surface area contributed by atoms with Crippen molar-refractivity contribution in [3.63, 3.8) is 0 Å². The van der Waals surface area contributed by atoms with Crippen LogP contribution < -0.4 is 11.2 Å². The maximum atomic E-state index is 12.7. The molecule has 132 valence electrons. The number of carbonyl (C=O) groups excluding carboxylic acids is 2. The minimum Gasteiger partial charge on any atom is -0.339 e. The first kappa shape index (κ1) is 17.2. The van der Waals surface area contributed by atoms with Crippen molar-refractivity contribution in [1.29, 1.82) is 0 Å². The third-order valence-corrected chi connectivity index (χ3v) is 5.06. The van der Waals surface area contributed by atoms with E-state index < -0.39 is 17.2 Å². The zero-order valence-electron chi connectivity index (χ0n) is 13.7. The summed E-state index contributed by atoms with van der Waals surface area (Å²) in [7, 11) is 0. The first-order valence-electron chi connectivity index (χ1n) is 7.87. The Balaban J connectivity index is 1.83. The lowest BCUT2D eigenvalue weighted by Crippen LogP contribution is -2.51. The molecular formula is C16H18N4O4S. The second kappa shape index (κ2) is 7.06. The number of aromatic nitrogens is 2. The number of piperazine rings is 1. The average Bonchev–Trinajstić information content (AvgIpc) is 3.11. The molecule has 0 bridgehead atoms. The Morgan fingerprint density at radius 1 is 1.16 bits per heavy atom. The second-order valence-electron chi connectivity index (χ2n) is 5.78. The number of aromatic amines is 1. The standard InChI is InChI=1S/C16H18N4O4S/c1-11(21)18-4-6-19(7-5-18)14(22)13-9-17-16(24)20(15(13)23)10-12-3-2-8-25-12/h2-3,8-9H,4-7,10H2,1H3,(H,17,24). The van der Waals surface area contributed by atoms with E-state index in [9.17, 15) is 19.2 Å². The van der Waals surface area contributed by atoms with Gasteiger partial charge in [0.05, 0.1) is 6.54 Å². The van der Waals surface area contributed by atoms with Crippen LogP contribution in [0.4, 0.5) is 0 Å². The lowest BCUT2D eigenvalue weighted by atomic mass is 10.2. The topological polar surface area (TPSA) is 95.5 Å². The van der Waals surface area contributed by atoms with Crippen molar-refractivity contribution in [2.75, 3.05) is 26.2 Å². The summed E-state index contributed by atoms with van der Waals surface area (Å²) >= 11 is 1.44. The van der Waals surface area contributed by atoms with E-state index in [1.165, 1.54) is 29.4 Å². The fourth-order valence-electron chi connectivity index (χ4n) is 2.76. The predicted molar refractivity (Wildman–Crippen MR) is 92.9 cm³/mol. The van der Waals surface area contributed by atoms with Crippen LogP contribution in [0.25, 0.3) is 0 Å². The first-order chi connectivity index (χ1) is 12.0. The third kappa shape index (κ3) is 3.55. The summed E-state index contributed by atoms with van der Waals surface area (Å²) in [6.45, 7) is 3.22. The van der Waals surface area contributed by atoms with Gasteiger partial charge in [-0.1, -0.05) is 6.07 Å². The molecular weight excluding hydrogens is 344 g/mol. The molecule has 3 heterocycles. The molecule has 25 heavy (non-hydrogen) atoms. The van der Waals surface area contributed by atoms with Crippen LogP contribution in [0.3, 0.4) is 0 Å². The maximum Gasteiger partial charge on any atom is 0.328 e. The summed E-state index contributed by atoms with van der Waals surface area (Å²) in [6, 6.07) is 3.66. The minimum atomic E-state index is -0.601. The fourth-order valence-corrected chi connectivity index (χ4v) is 3.45. The highest BCUT2D eigenvalue weighted by molar-refractivity contribution is 7.09. The van der Waals surface area contributed by atoms with Crippen molar-refractivity contribution in [1.82, 2.24) is 19.4 Å². The molecule has 0 unspecified atom stereocenters. The van der Waals surface area contributed by atoms with Crippen molar-refractivity contribution in [2.45, 2.75) is 13.5 Å². The third-order valence-electron chi connectivity index (χ3n) is 4.20. The molecule has 1 saturated heterocycles. The van der Waals surface area contributed by atoms with Gasteiger partial charge in [0.25, 0.3) is 11.5 Å². The largest absolute Gasteiger partial charge is 0.339 e. The van der Waals surface area contributed by atoms with Crippen LogP contribution in [0, 0.1) is 0 Å². The molecule has 2 amide bonds. The van der Waals surface area contributed by atoms with Gasteiger partial charge in [0.1, 0.15) is 5.56 Å². The molecule has 0 aliphatic carbocycles. The normalized spacial score (nSPS) is 14.6. The predicted octanol–water partition coefficient (Wildman–Crippen LogP) is -0.0493. The van der Waals surface area contributed by atoms with E-state index in [0.717, 1.165) is 9.44 Å². The van der Waals surface area contributed by atoms with Crippen LogP contribution in [0.2, 0.25) is 0 Å².